The minimum absolute atomic E-state index is 0.0631. The van der Waals surface area contributed by atoms with Crippen LogP contribution in [0.3, 0.4) is 0 Å². The molecule has 1 amide bonds. The van der Waals surface area contributed by atoms with Crippen LogP contribution in [0.5, 0.6) is 6.01 Å². The van der Waals surface area contributed by atoms with Gasteiger partial charge in [-0.2, -0.15) is 4.98 Å². The number of alkyl halides is 1. The van der Waals surface area contributed by atoms with Gasteiger partial charge in [-0.25, -0.2) is 13.8 Å². The van der Waals surface area contributed by atoms with E-state index in [1.165, 1.54) is 13.0 Å². The Balaban J connectivity index is 2.00. The molecule has 1 heterocycles. The van der Waals surface area contributed by atoms with Crippen LogP contribution in [-0.4, -0.2) is 28.7 Å². The molecule has 1 aromatic rings. The number of hydrogen-bond acceptors (Lipinski definition) is 4. The molecule has 0 aliphatic heterocycles. The smallest absolute Gasteiger partial charge is 0.318 e. The zero-order valence-corrected chi connectivity index (χ0v) is 10.8. The average molecular weight is 281 g/mol. The van der Waals surface area contributed by atoms with Gasteiger partial charge in [-0.05, 0) is 5.57 Å². The molecule has 0 radical (unpaired) electrons. The molecule has 0 bridgehead atoms. The average Bonchev–Trinajstić information content (AvgIpc) is 2.41. The maximum Gasteiger partial charge on any atom is 0.318 e. The Morgan fingerprint density at radius 2 is 2.40 bits per heavy atom. The molecule has 7 heteroatoms. The highest BCUT2D eigenvalue weighted by Gasteiger charge is 2.11. The Labute approximate surface area is 114 Å². The van der Waals surface area contributed by atoms with Crippen molar-refractivity contribution in [3.8, 4) is 6.01 Å². The third-order valence-electron chi connectivity index (χ3n) is 2.51. The topological polar surface area (TPSA) is 64.1 Å². The van der Waals surface area contributed by atoms with Crippen LogP contribution in [0.1, 0.15) is 13.3 Å². The number of nitrogens with zero attached hydrogens (tertiary/aromatic N) is 2. The van der Waals surface area contributed by atoms with Crippen molar-refractivity contribution in [3.05, 3.63) is 35.8 Å². The van der Waals surface area contributed by atoms with E-state index in [9.17, 15) is 13.6 Å². The Hall–Kier alpha value is -2.31. The van der Waals surface area contributed by atoms with Crippen LogP contribution in [0, 0.1) is 5.82 Å². The number of halogens is 2. The van der Waals surface area contributed by atoms with Gasteiger partial charge in [0.15, 0.2) is 11.6 Å². The summed E-state index contributed by atoms with van der Waals surface area (Å²) in [5.41, 5.74) is 0.785. The van der Waals surface area contributed by atoms with Crippen molar-refractivity contribution < 1.29 is 18.3 Å². The van der Waals surface area contributed by atoms with Crippen LogP contribution in [0.25, 0.3) is 0 Å². The molecule has 0 aromatic carbocycles. The number of hydrogen-bond donors (Lipinski definition) is 1. The number of allylic oxidation sites excluding steroid dienone is 2. The van der Waals surface area contributed by atoms with E-state index in [2.05, 4.69) is 15.3 Å². The third kappa shape index (κ3) is 3.84. The minimum atomic E-state index is -0.966. The van der Waals surface area contributed by atoms with E-state index in [1.807, 2.05) is 0 Å². The van der Waals surface area contributed by atoms with Crippen LogP contribution < -0.4 is 10.1 Å². The molecule has 1 aromatic heterocycles. The molecular formula is C13H13F2N3O2. The molecule has 1 aliphatic carbocycles. The van der Waals surface area contributed by atoms with Gasteiger partial charge in [0.1, 0.15) is 12.8 Å². The summed E-state index contributed by atoms with van der Waals surface area (Å²) in [6.45, 7) is 1.39. The van der Waals surface area contributed by atoms with Crippen molar-refractivity contribution >= 4 is 11.7 Å². The molecule has 0 saturated carbocycles. The standard InChI is InChI=1S/C13H13F2N3O2/c1-8(19)17-12-11(15)6-16-13(18-12)20-7-9-2-4-10(14)5-3-9/h2-4,6,10H,5,7H2,1H3,(H,16,17,18,19). The van der Waals surface area contributed by atoms with E-state index in [0.717, 1.165) is 11.8 Å². The number of anilines is 1. The van der Waals surface area contributed by atoms with E-state index < -0.39 is 17.9 Å². The lowest BCUT2D eigenvalue weighted by Crippen LogP contribution is -2.12. The predicted molar refractivity (Wildman–Crippen MR) is 68.5 cm³/mol. The number of amides is 1. The van der Waals surface area contributed by atoms with Crippen LogP contribution in [0.15, 0.2) is 30.0 Å². The van der Waals surface area contributed by atoms with Gasteiger partial charge >= 0.3 is 6.01 Å². The van der Waals surface area contributed by atoms with Gasteiger partial charge in [-0.1, -0.05) is 18.2 Å². The second-order valence-corrected chi connectivity index (χ2v) is 4.21. The lowest BCUT2D eigenvalue weighted by Gasteiger charge is -2.11. The van der Waals surface area contributed by atoms with Crippen molar-refractivity contribution in [2.24, 2.45) is 0 Å². The van der Waals surface area contributed by atoms with Crippen molar-refractivity contribution in [1.29, 1.82) is 0 Å². The summed E-state index contributed by atoms with van der Waals surface area (Å²) >= 11 is 0. The van der Waals surface area contributed by atoms with Crippen LogP contribution in [-0.2, 0) is 4.79 Å². The minimum Gasteiger partial charge on any atom is -0.459 e. The molecule has 0 fully saturated rings. The van der Waals surface area contributed by atoms with Gasteiger partial charge in [0.05, 0.1) is 6.20 Å². The van der Waals surface area contributed by atoms with Crippen molar-refractivity contribution in [2.75, 3.05) is 11.9 Å². The molecule has 2 rings (SSSR count). The molecule has 5 nitrogen and oxygen atoms in total. The van der Waals surface area contributed by atoms with Crippen molar-refractivity contribution in [1.82, 2.24) is 9.97 Å². The van der Waals surface area contributed by atoms with E-state index >= 15 is 0 Å². The first-order valence-electron chi connectivity index (χ1n) is 5.99. The second-order valence-electron chi connectivity index (χ2n) is 4.21. The van der Waals surface area contributed by atoms with E-state index in [4.69, 9.17) is 4.74 Å². The largest absolute Gasteiger partial charge is 0.459 e. The fourth-order valence-corrected chi connectivity index (χ4v) is 1.57. The fourth-order valence-electron chi connectivity index (χ4n) is 1.57. The highest BCUT2D eigenvalue weighted by molar-refractivity contribution is 5.87. The summed E-state index contributed by atoms with van der Waals surface area (Å²) in [4.78, 5) is 18.3. The van der Waals surface area contributed by atoms with Gasteiger partial charge in [-0.3, -0.25) is 4.79 Å². The Morgan fingerprint density at radius 3 is 3.05 bits per heavy atom. The van der Waals surface area contributed by atoms with Gasteiger partial charge < -0.3 is 10.1 Å². The normalized spacial score (nSPS) is 17.6. The van der Waals surface area contributed by atoms with E-state index in [0.29, 0.717) is 6.42 Å². The van der Waals surface area contributed by atoms with Crippen LogP contribution in [0.2, 0.25) is 0 Å². The molecule has 1 aliphatic rings. The Bertz CT molecular complexity index is 573. The Morgan fingerprint density at radius 1 is 1.60 bits per heavy atom. The zero-order valence-electron chi connectivity index (χ0n) is 10.8. The maximum absolute atomic E-state index is 13.3. The first-order valence-corrected chi connectivity index (χ1v) is 5.99. The molecular weight excluding hydrogens is 268 g/mol. The SMILES string of the molecule is CC(=O)Nc1nc(OCC2=CCC(F)C=C2)ncc1F. The Kier molecular flexibility index (Phi) is 4.39. The molecule has 1 N–H and O–H groups in total. The highest BCUT2D eigenvalue weighted by Crippen LogP contribution is 2.16. The lowest BCUT2D eigenvalue weighted by molar-refractivity contribution is -0.114. The van der Waals surface area contributed by atoms with Gasteiger partial charge in [0, 0.05) is 13.3 Å². The second kappa shape index (κ2) is 6.23. The summed E-state index contributed by atoms with van der Waals surface area (Å²) in [5, 5.41) is 2.23. The molecule has 106 valence electrons. The monoisotopic (exact) mass is 281 g/mol. The summed E-state index contributed by atoms with van der Waals surface area (Å²) in [7, 11) is 0. The predicted octanol–water partition coefficient (Wildman–Crippen LogP) is 2.18. The molecule has 1 unspecified atom stereocenters. The maximum atomic E-state index is 13.3. The summed E-state index contributed by atoms with van der Waals surface area (Å²) in [6.07, 6.45) is 5.02. The fraction of sp³-hybridized carbons (Fsp3) is 0.308. The molecule has 20 heavy (non-hydrogen) atoms. The van der Waals surface area contributed by atoms with Gasteiger partial charge in [0.2, 0.25) is 5.91 Å². The number of ether oxygens (including phenoxy) is 1. The number of carbonyl (C=O) groups is 1. The highest BCUT2D eigenvalue weighted by atomic mass is 19.1. The van der Waals surface area contributed by atoms with Crippen molar-refractivity contribution in [3.63, 3.8) is 0 Å². The van der Waals surface area contributed by atoms with Gasteiger partial charge in [0.25, 0.3) is 0 Å². The van der Waals surface area contributed by atoms with Gasteiger partial charge in [-0.15, -0.1) is 0 Å². The third-order valence-corrected chi connectivity index (χ3v) is 2.51. The summed E-state index contributed by atoms with van der Waals surface area (Å²) < 4.78 is 31.4. The van der Waals surface area contributed by atoms with E-state index in [-0.39, 0.29) is 18.4 Å². The lowest BCUT2D eigenvalue weighted by atomic mass is 10.1. The number of rotatable bonds is 4. The first-order chi connectivity index (χ1) is 9.54. The summed E-state index contributed by atoms with van der Waals surface area (Å²) in [5.74, 6) is -1.43. The first kappa shape index (κ1) is 14.1. The molecule has 0 spiro atoms. The van der Waals surface area contributed by atoms with E-state index in [1.54, 1.807) is 12.2 Å². The van der Waals surface area contributed by atoms with Crippen LogP contribution in [0.4, 0.5) is 14.6 Å². The zero-order chi connectivity index (χ0) is 14.5. The number of nitrogens with one attached hydrogen (secondary N) is 1. The van der Waals surface area contributed by atoms with Crippen LogP contribution >= 0.6 is 0 Å². The quantitative estimate of drug-likeness (QED) is 0.918. The van der Waals surface area contributed by atoms with Crippen molar-refractivity contribution in [2.45, 2.75) is 19.5 Å². The molecule has 0 saturated heterocycles. The molecule has 1 atom stereocenters. The number of carbonyl (C=O) groups excluding carboxylic acids is 1. The number of aromatic nitrogens is 2. The summed E-state index contributed by atoms with van der Waals surface area (Å²) in [6, 6.07) is -0.0631.